The van der Waals surface area contributed by atoms with Crippen LogP contribution < -0.4 is 5.32 Å². The Hall–Kier alpha value is -1.84. The number of benzene rings is 1. The largest absolute Gasteiger partial charge is 0.342 e. The van der Waals surface area contributed by atoms with E-state index in [-0.39, 0.29) is 17.9 Å². The predicted molar refractivity (Wildman–Crippen MR) is 78.1 cm³/mol. The molecule has 0 bridgehead atoms. The van der Waals surface area contributed by atoms with Gasteiger partial charge in [-0.05, 0) is 17.9 Å². The molecule has 1 heterocycles. The van der Waals surface area contributed by atoms with Crippen molar-refractivity contribution in [2.75, 3.05) is 7.05 Å². The van der Waals surface area contributed by atoms with Gasteiger partial charge in [0.2, 0.25) is 11.8 Å². The molecule has 4 nitrogen and oxygen atoms in total. The summed E-state index contributed by atoms with van der Waals surface area (Å²) in [5.74, 6) is 0.340. The topological polar surface area (TPSA) is 49.4 Å². The molecule has 0 aromatic heterocycles. The molecule has 2 amide bonds. The molecule has 0 radical (unpaired) electrons. The highest BCUT2D eigenvalue weighted by atomic mass is 16.2. The molecule has 0 aliphatic carbocycles. The molecule has 1 N–H and O–H groups in total. The fourth-order valence-corrected chi connectivity index (χ4v) is 2.60. The second kappa shape index (κ2) is 6.07. The molecule has 20 heavy (non-hydrogen) atoms. The summed E-state index contributed by atoms with van der Waals surface area (Å²) in [6, 6.07) is 8.98. The van der Waals surface area contributed by atoms with Crippen molar-refractivity contribution in [2.45, 2.75) is 38.8 Å². The van der Waals surface area contributed by atoms with Gasteiger partial charge in [-0.25, -0.2) is 0 Å². The monoisotopic (exact) mass is 274 g/mol. The molecule has 108 valence electrons. The van der Waals surface area contributed by atoms with Crippen LogP contribution in [0.15, 0.2) is 30.3 Å². The van der Waals surface area contributed by atoms with Crippen LogP contribution in [0.5, 0.6) is 0 Å². The maximum atomic E-state index is 12.4. The van der Waals surface area contributed by atoms with E-state index in [0.717, 1.165) is 5.56 Å². The van der Waals surface area contributed by atoms with E-state index in [1.165, 1.54) is 0 Å². The first-order valence-corrected chi connectivity index (χ1v) is 7.10. The number of amides is 2. The summed E-state index contributed by atoms with van der Waals surface area (Å²) in [4.78, 5) is 26.2. The van der Waals surface area contributed by atoms with Crippen molar-refractivity contribution in [3.63, 3.8) is 0 Å². The lowest BCUT2D eigenvalue weighted by Gasteiger charge is -2.37. The van der Waals surface area contributed by atoms with Crippen molar-refractivity contribution in [3.05, 3.63) is 35.9 Å². The van der Waals surface area contributed by atoms with Gasteiger partial charge in [0.1, 0.15) is 12.1 Å². The summed E-state index contributed by atoms with van der Waals surface area (Å²) >= 11 is 0. The maximum absolute atomic E-state index is 12.4. The first kappa shape index (κ1) is 14.6. The lowest BCUT2D eigenvalue weighted by molar-refractivity contribution is -0.148. The minimum Gasteiger partial charge on any atom is -0.342 e. The minimum atomic E-state index is -0.446. The summed E-state index contributed by atoms with van der Waals surface area (Å²) in [6.45, 7) is 4.11. The van der Waals surface area contributed by atoms with Crippen LogP contribution in [0.3, 0.4) is 0 Å². The van der Waals surface area contributed by atoms with Gasteiger partial charge in [-0.2, -0.15) is 0 Å². The van der Waals surface area contributed by atoms with Crippen LogP contribution in [0.25, 0.3) is 0 Å². The van der Waals surface area contributed by atoms with Gasteiger partial charge < -0.3 is 10.2 Å². The Kier molecular flexibility index (Phi) is 4.42. The van der Waals surface area contributed by atoms with Crippen LogP contribution in [-0.2, 0) is 16.0 Å². The normalized spacial score (nSPS) is 23.1. The van der Waals surface area contributed by atoms with Gasteiger partial charge >= 0.3 is 0 Å². The average Bonchev–Trinajstić information content (AvgIpc) is 2.42. The molecule has 2 unspecified atom stereocenters. The van der Waals surface area contributed by atoms with E-state index >= 15 is 0 Å². The van der Waals surface area contributed by atoms with Crippen LogP contribution >= 0.6 is 0 Å². The summed E-state index contributed by atoms with van der Waals surface area (Å²) in [7, 11) is 1.73. The number of hydrogen-bond donors (Lipinski definition) is 1. The van der Waals surface area contributed by atoms with Crippen molar-refractivity contribution in [3.8, 4) is 0 Å². The third-order valence-electron chi connectivity index (χ3n) is 3.71. The van der Waals surface area contributed by atoms with Gasteiger partial charge in [0, 0.05) is 13.5 Å². The zero-order valence-electron chi connectivity index (χ0n) is 12.3. The van der Waals surface area contributed by atoms with E-state index in [2.05, 4.69) is 19.2 Å². The fourth-order valence-electron chi connectivity index (χ4n) is 2.60. The van der Waals surface area contributed by atoms with E-state index in [9.17, 15) is 9.59 Å². The molecule has 1 saturated heterocycles. The van der Waals surface area contributed by atoms with Gasteiger partial charge in [0.25, 0.3) is 0 Å². The van der Waals surface area contributed by atoms with Crippen LogP contribution in [0, 0.1) is 5.92 Å². The quantitative estimate of drug-likeness (QED) is 0.906. The number of carbonyl (C=O) groups excluding carboxylic acids is 2. The van der Waals surface area contributed by atoms with Crippen LogP contribution in [0.1, 0.15) is 25.8 Å². The predicted octanol–water partition coefficient (Wildman–Crippen LogP) is 1.60. The average molecular weight is 274 g/mol. The van der Waals surface area contributed by atoms with Gasteiger partial charge in [0.05, 0.1) is 0 Å². The number of carbonyl (C=O) groups is 2. The Morgan fingerprint density at radius 1 is 1.20 bits per heavy atom. The number of likely N-dealkylation sites (N-methyl/N-ethyl adjacent to an activating group) is 1. The van der Waals surface area contributed by atoms with Crippen molar-refractivity contribution in [1.29, 1.82) is 0 Å². The van der Waals surface area contributed by atoms with Gasteiger partial charge in [0.15, 0.2) is 0 Å². The van der Waals surface area contributed by atoms with Gasteiger partial charge in [-0.15, -0.1) is 0 Å². The Balaban J connectivity index is 2.08. The first-order chi connectivity index (χ1) is 9.49. The molecule has 1 aliphatic heterocycles. The Morgan fingerprint density at radius 3 is 2.45 bits per heavy atom. The molecular formula is C16H22N2O2. The molecule has 0 spiro atoms. The second-order valence-electron chi connectivity index (χ2n) is 5.85. The Bertz CT molecular complexity index is 485. The molecular weight excluding hydrogens is 252 g/mol. The molecule has 4 heteroatoms. The van der Waals surface area contributed by atoms with E-state index < -0.39 is 6.04 Å². The molecule has 2 atom stereocenters. The second-order valence-corrected chi connectivity index (χ2v) is 5.85. The Labute approximate surface area is 120 Å². The standard InChI is InChI=1S/C16H22N2O2/c1-11(2)9-14-15(19)17-13(16(20)18(14)3)10-12-7-5-4-6-8-12/h4-8,11,13-14H,9-10H2,1-3H3,(H,17,19). The SMILES string of the molecule is CC(C)CC1C(=O)NC(Cc2ccccc2)C(=O)N1C. The van der Waals surface area contributed by atoms with E-state index in [4.69, 9.17) is 0 Å². The van der Waals surface area contributed by atoms with Crippen LogP contribution in [-0.4, -0.2) is 35.8 Å². The lowest BCUT2D eigenvalue weighted by Crippen LogP contribution is -2.62. The van der Waals surface area contributed by atoms with Gasteiger partial charge in [-0.3, -0.25) is 9.59 Å². The molecule has 1 aliphatic rings. The molecule has 1 aromatic carbocycles. The summed E-state index contributed by atoms with van der Waals surface area (Å²) in [5, 5.41) is 2.87. The smallest absolute Gasteiger partial charge is 0.245 e. The van der Waals surface area contributed by atoms with Crippen LogP contribution in [0.2, 0.25) is 0 Å². The molecule has 1 aromatic rings. The highest BCUT2D eigenvalue weighted by molar-refractivity contribution is 5.96. The highest BCUT2D eigenvalue weighted by Crippen LogP contribution is 2.17. The fraction of sp³-hybridized carbons (Fsp3) is 0.500. The van der Waals surface area contributed by atoms with Crippen molar-refractivity contribution >= 4 is 11.8 Å². The lowest BCUT2D eigenvalue weighted by atomic mass is 9.96. The molecule has 2 rings (SSSR count). The van der Waals surface area contributed by atoms with Crippen molar-refractivity contribution in [1.82, 2.24) is 10.2 Å². The summed E-state index contributed by atoms with van der Waals surface area (Å²) < 4.78 is 0. The number of hydrogen-bond acceptors (Lipinski definition) is 2. The number of nitrogens with zero attached hydrogens (tertiary/aromatic N) is 1. The van der Waals surface area contributed by atoms with Gasteiger partial charge in [-0.1, -0.05) is 44.2 Å². The van der Waals surface area contributed by atoms with E-state index in [0.29, 0.717) is 18.8 Å². The minimum absolute atomic E-state index is 0.000830. The third kappa shape index (κ3) is 3.18. The maximum Gasteiger partial charge on any atom is 0.245 e. The van der Waals surface area contributed by atoms with E-state index in [1.54, 1.807) is 11.9 Å². The highest BCUT2D eigenvalue weighted by Gasteiger charge is 2.38. The zero-order valence-corrected chi connectivity index (χ0v) is 12.3. The van der Waals surface area contributed by atoms with Crippen molar-refractivity contribution in [2.24, 2.45) is 5.92 Å². The number of rotatable bonds is 4. The third-order valence-corrected chi connectivity index (χ3v) is 3.71. The zero-order chi connectivity index (χ0) is 14.7. The number of nitrogens with one attached hydrogen (secondary N) is 1. The van der Waals surface area contributed by atoms with Crippen molar-refractivity contribution < 1.29 is 9.59 Å². The first-order valence-electron chi connectivity index (χ1n) is 7.10. The molecule has 0 saturated carbocycles. The van der Waals surface area contributed by atoms with E-state index in [1.807, 2.05) is 30.3 Å². The number of piperazine rings is 1. The molecule has 1 fully saturated rings. The summed E-state index contributed by atoms with van der Waals surface area (Å²) in [6.07, 6.45) is 1.25. The van der Waals surface area contributed by atoms with Crippen LogP contribution in [0.4, 0.5) is 0 Å². The Morgan fingerprint density at radius 2 is 1.85 bits per heavy atom. The summed E-state index contributed by atoms with van der Waals surface area (Å²) in [5.41, 5.74) is 1.06.